The molecule has 156 valence electrons. The van der Waals surface area contributed by atoms with Crippen LogP contribution in [0.25, 0.3) is 0 Å². The first-order chi connectivity index (χ1) is 14.4. The smallest absolute Gasteiger partial charge is 0.404 e. The maximum absolute atomic E-state index is 12.9. The number of carbonyl (C=O) groups excluding carboxylic acids is 1. The van der Waals surface area contributed by atoms with Gasteiger partial charge in [-0.05, 0) is 61.6 Å². The van der Waals surface area contributed by atoms with E-state index in [4.69, 9.17) is 15.1 Å². The van der Waals surface area contributed by atoms with E-state index in [2.05, 4.69) is 5.32 Å². The van der Waals surface area contributed by atoms with Gasteiger partial charge in [0.2, 0.25) is 0 Å². The van der Waals surface area contributed by atoms with Gasteiger partial charge in [-0.25, -0.2) is 4.79 Å². The molecule has 0 radical (unpaired) electrons. The zero-order chi connectivity index (χ0) is 21.5. The van der Waals surface area contributed by atoms with E-state index < -0.39 is 6.09 Å². The van der Waals surface area contributed by atoms with E-state index in [1.807, 2.05) is 6.07 Å². The molecule has 0 aliphatic carbocycles. The number of nitrogens with one attached hydrogen (secondary N) is 1. The molecular weight excluding hydrogens is 386 g/mol. The Hall–Kier alpha value is -3.73. The van der Waals surface area contributed by atoms with E-state index in [1.54, 1.807) is 35.2 Å². The van der Waals surface area contributed by atoms with Crippen LogP contribution in [0.5, 0.6) is 17.2 Å². The number of hydrogen-bond acceptors (Lipinski definition) is 5. The number of nitriles is 1. The third-order valence-electron chi connectivity index (χ3n) is 5.09. The monoisotopic (exact) mass is 409 g/mol. The number of aromatic hydroxyl groups is 1. The quantitative estimate of drug-likeness (QED) is 0.670. The summed E-state index contributed by atoms with van der Waals surface area (Å²) < 4.78 is 5.72. The molecule has 8 nitrogen and oxygen atoms in total. The van der Waals surface area contributed by atoms with Crippen molar-refractivity contribution >= 4 is 12.0 Å². The Labute approximate surface area is 174 Å². The molecule has 0 aromatic heterocycles. The fourth-order valence-electron chi connectivity index (χ4n) is 3.49. The van der Waals surface area contributed by atoms with Crippen LogP contribution in [-0.2, 0) is 0 Å². The molecule has 0 bridgehead atoms. The molecule has 3 rings (SSSR count). The van der Waals surface area contributed by atoms with Crippen molar-refractivity contribution in [1.82, 2.24) is 10.2 Å². The van der Waals surface area contributed by atoms with Crippen molar-refractivity contribution in [2.24, 2.45) is 5.92 Å². The molecule has 1 heterocycles. The normalized spacial score (nSPS) is 14.0. The summed E-state index contributed by atoms with van der Waals surface area (Å²) in [5, 5.41) is 29.9. The van der Waals surface area contributed by atoms with Crippen LogP contribution in [-0.4, -0.2) is 46.7 Å². The highest BCUT2D eigenvalue weighted by Gasteiger charge is 2.24. The number of likely N-dealkylation sites (tertiary alicyclic amines) is 1. The van der Waals surface area contributed by atoms with Gasteiger partial charge >= 0.3 is 6.09 Å². The molecule has 3 N–H and O–H groups in total. The van der Waals surface area contributed by atoms with Gasteiger partial charge in [0.1, 0.15) is 17.2 Å². The van der Waals surface area contributed by atoms with Crippen molar-refractivity contribution in [2.75, 3.05) is 19.6 Å². The molecule has 1 aliphatic rings. The van der Waals surface area contributed by atoms with E-state index in [9.17, 15) is 14.7 Å². The highest BCUT2D eigenvalue weighted by atomic mass is 16.5. The number of piperidine rings is 1. The maximum atomic E-state index is 12.9. The molecule has 8 heteroatoms. The number of amides is 2. The van der Waals surface area contributed by atoms with E-state index >= 15 is 0 Å². The summed E-state index contributed by atoms with van der Waals surface area (Å²) in [4.78, 5) is 25.2. The summed E-state index contributed by atoms with van der Waals surface area (Å²) in [5.41, 5.74) is 0.848. The third kappa shape index (κ3) is 5.64. The number of hydrogen-bond donors (Lipinski definition) is 3. The van der Waals surface area contributed by atoms with E-state index in [-0.39, 0.29) is 11.7 Å². The highest BCUT2D eigenvalue weighted by Crippen LogP contribution is 2.29. The minimum Gasteiger partial charge on any atom is -0.508 e. The molecule has 1 fully saturated rings. The number of phenols is 1. The molecule has 2 aromatic rings. The molecule has 1 saturated heterocycles. The third-order valence-corrected chi connectivity index (χ3v) is 5.09. The van der Waals surface area contributed by atoms with Crippen LogP contribution in [0.4, 0.5) is 4.79 Å². The number of benzene rings is 2. The molecule has 0 spiro atoms. The van der Waals surface area contributed by atoms with Crippen molar-refractivity contribution in [3.05, 3.63) is 53.6 Å². The van der Waals surface area contributed by atoms with Gasteiger partial charge in [0.25, 0.3) is 5.91 Å². The molecule has 1 aliphatic heterocycles. The number of nitrogens with zero attached hydrogens (tertiary/aromatic N) is 2. The Morgan fingerprint density at radius 1 is 1.13 bits per heavy atom. The van der Waals surface area contributed by atoms with E-state index in [0.29, 0.717) is 48.2 Å². The minimum absolute atomic E-state index is 0.0703. The van der Waals surface area contributed by atoms with Crippen LogP contribution >= 0.6 is 0 Å². The molecule has 0 saturated carbocycles. The van der Waals surface area contributed by atoms with Crippen LogP contribution in [0, 0.1) is 17.2 Å². The van der Waals surface area contributed by atoms with Gasteiger partial charge in [-0.15, -0.1) is 0 Å². The largest absolute Gasteiger partial charge is 0.508 e. The van der Waals surface area contributed by atoms with Gasteiger partial charge in [0, 0.05) is 31.3 Å². The first-order valence-electron chi connectivity index (χ1n) is 9.73. The van der Waals surface area contributed by atoms with Gasteiger partial charge in [-0.1, -0.05) is 0 Å². The number of carboxylic acid groups (broad SMARTS) is 1. The van der Waals surface area contributed by atoms with Gasteiger partial charge in [-0.3, -0.25) is 4.79 Å². The molecule has 2 aromatic carbocycles. The fraction of sp³-hybridized carbons (Fsp3) is 0.318. The van der Waals surface area contributed by atoms with Gasteiger partial charge in [0.15, 0.2) is 0 Å². The predicted molar refractivity (Wildman–Crippen MR) is 109 cm³/mol. The number of carbonyl (C=O) groups is 2. The van der Waals surface area contributed by atoms with Gasteiger partial charge < -0.3 is 25.2 Å². The average molecular weight is 409 g/mol. The summed E-state index contributed by atoms with van der Waals surface area (Å²) in [6.07, 6.45) is 1.34. The Kier molecular flexibility index (Phi) is 6.75. The van der Waals surface area contributed by atoms with Crippen LogP contribution in [0.15, 0.2) is 42.5 Å². The summed E-state index contributed by atoms with van der Waals surface area (Å²) in [6, 6.07) is 13.0. The Morgan fingerprint density at radius 2 is 1.83 bits per heavy atom. The SMILES string of the molecule is N#Cc1ccc(Oc2cc(O)cc(C(=O)N3CCC(CCNC(=O)O)CC3)c2)cc1. The Morgan fingerprint density at radius 3 is 2.47 bits per heavy atom. The second-order valence-electron chi connectivity index (χ2n) is 7.21. The summed E-state index contributed by atoms with van der Waals surface area (Å²) in [6.45, 7) is 1.58. The van der Waals surface area contributed by atoms with Gasteiger partial charge in [0.05, 0.1) is 11.6 Å². The van der Waals surface area contributed by atoms with Crippen LogP contribution in [0.1, 0.15) is 35.2 Å². The Bertz CT molecular complexity index is 944. The first-order valence-corrected chi connectivity index (χ1v) is 9.73. The summed E-state index contributed by atoms with van der Waals surface area (Å²) in [7, 11) is 0. The number of ether oxygens (including phenoxy) is 1. The molecule has 0 unspecified atom stereocenters. The molecular formula is C22H23N3O5. The molecule has 30 heavy (non-hydrogen) atoms. The van der Waals surface area contributed by atoms with E-state index in [1.165, 1.54) is 12.1 Å². The van der Waals surface area contributed by atoms with Crippen LogP contribution < -0.4 is 10.1 Å². The first kappa shape index (κ1) is 21.0. The molecule has 2 amide bonds. The zero-order valence-corrected chi connectivity index (χ0v) is 16.4. The molecule has 0 atom stereocenters. The van der Waals surface area contributed by atoms with Crippen LogP contribution in [0.3, 0.4) is 0 Å². The van der Waals surface area contributed by atoms with Crippen molar-refractivity contribution in [3.63, 3.8) is 0 Å². The van der Waals surface area contributed by atoms with E-state index in [0.717, 1.165) is 19.3 Å². The summed E-state index contributed by atoms with van der Waals surface area (Å²) in [5.74, 6) is 0.948. The average Bonchev–Trinajstić information content (AvgIpc) is 2.73. The Balaban J connectivity index is 1.61. The maximum Gasteiger partial charge on any atom is 0.404 e. The number of rotatable bonds is 6. The minimum atomic E-state index is -1.02. The summed E-state index contributed by atoms with van der Waals surface area (Å²) >= 11 is 0. The second kappa shape index (κ2) is 9.65. The van der Waals surface area contributed by atoms with Crippen molar-refractivity contribution in [1.29, 1.82) is 5.26 Å². The predicted octanol–water partition coefficient (Wildman–Crippen LogP) is 3.57. The zero-order valence-electron chi connectivity index (χ0n) is 16.4. The lowest BCUT2D eigenvalue weighted by Crippen LogP contribution is -2.39. The van der Waals surface area contributed by atoms with Crippen molar-refractivity contribution in [3.8, 4) is 23.3 Å². The number of phenolic OH excluding ortho intramolecular Hbond substituents is 1. The highest BCUT2D eigenvalue weighted by molar-refractivity contribution is 5.95. The fourth-order valence-corrected chi connectivity index (χ4v) is 3.49. The van der Waals surface area contributed by atoms with Crippen molar-refractivity contribution in [2.45, 2.75) is 19.3 Å². The van der Waals surface area contributed by atoms with Gasteiger partial charge in [-0.2, -0.15) is 5.26 Å². The lowest BCUT2D eigenvalue weighted by atomic mass is 9.93. The lowest BCUT2D eigenvalue weighted by Gasteiger charge is -2.32. The standard InChI is InChI=1S/C22H23N3O5/c23-14-16-1-3-19(4-2-16)30-20-12-17(11-18(26)13-20)21(27)25-9-6-15(7-10-25)5-8-24-22(28)29/h1-4,11-13,15,24,26H,5-10H2,(H,28,29). The topological polar surface area (TPSA) is 123 Å². The van der Waals surface area contributed by atoms with Crippen molar-refractivity contribution < 1.29 is 24.5 Å². The van der Waals surface area contributed by atoms with Crippen LogP contribution in [0.2, 0.25) is 0 Å². The lowest BCUT2D eigenvalue weighted by molar-refractivity contribution is 0.0686. The second-order valence-corrected chi connectivity index (χ2v) is 7.21.